The molecule has 0 bridgehead atoms. The molecule has 2 rings (SSSR count). The van der Waals surface area contributed by atoms with Crippen molar-refractivity contribution >= 4 is 40.2 Å². The van der Waals surface area contributed by atoms with E-state index in [-0.39, 0.29) is 21.9 Å². The highest BCUT2D eigenvalue weighted by Crippen LogP contribution is 2.26. The van der Waals surface area contributed by atoms with E-state index < -0.39 is 6.04 Å². The number of carbonyl (C=O) groups is 2. The molecule has 0 aliphatic carbocycles. The third-order valence-electron chi connectivity index (χ3n) is 2.20. The normalized spacial score (nSPS) is 18.9. The van der Waals surface area contributed by atoms with E-state index >= 15 is 0 Å². The van der Waals surface area contributed by atoms with Crippen LogP contribution in [0.4, 0.5) is 10.5 Å². The van der Waals surface area contributed by atoms with E-state index in [2.05, 4.69) is 10.6 Å². The van der Waals surface area contributed by atoms with Crippen LogP contribution in [0, 0.1) is 0 Å². The van der Waals surface area contributed by atoms with E-state index in [4.69, 9.17) is 16.7 Å². The highest BCUT2D eigenvalue weighted by atomic mass is 35.5. The van der Waals surface area contributed by atoms with Gasteiger partial charge in [0.05, 0.1) is 10.7 Å². The van der Waals surface area contributed by atoms with Crippen LogP contribution in [-0.2, 0) is 4.79 Å². The van der Waals surface area contributed by atoms with Gasteiger partial charge in [-0.1, -0.05) is 23.4 Å². The van der Waals surface area contributed by atoms with Crippen molar-refractivity contribution in [2.75, 3.05) is 11.1 Å². The van der Waals surface area contributed by atoms with Gasteiger partial charge in [-0.05, 0) is 12.1 Å². The molecule has 1 atom stereocenters. The van der Waals surface area contributed by atoms with Gasteiger partial charge >= 0.3 is 0 Å². The van der Waals surface area contributed by atoms with Crippen LogP contribution in [-0.4, -0.2) is 28.0 Å². The molecule has 0 aromatic heterocycles. The van der Waals surface area contributed by atoms with Crippen LogP contribution in [0.5, 0.6) is 5.75 Å². The summed E-state index contributed by atoms with van der Waals surface area (Å²) < 4.78 is 0. The van der Waals surface area contributed by atoms with Crippen molar-refractivity contribution in [1.29, 1.82) is 0 Å². The molecule has 0 saturated carbocycles. The highest BCUT2D eigenvalue weighted by Gasteiger charge is 2.28. The molecular formula is C10H9ClN2O3S. The molecule has 90 valence electrons. The predicted molar refractivity (Wildman–Crippen MR) is 66.5 cm³/mol. The van der Waals surface area contributed by atoms with Crippen molar-refractivity contribution in [3.8, 4) is 5.75 Å². The van der Waals surface area contributed by atoms with E-state index in [9.17, 15) is 9.59 Å². The van der Waals surface area contributed by atoms with Crippen molar-refractivity contribution in [1.82, 2.24) is 5.32 Å². The molecule has 1 heterocycles. The van der Waals surface area contributed by atoms with Gasteiger partial charge in [-0.15, -0.1) is 0 Å². The molecule has 1 fully saturated rings. The maximum Gasteiger partial charge on any atom is 0.279 e. The molecule has 1 aliphatic rings. The minimum Gasteiger partial charge on any atom is -0.508 e. The summed E-state index contributed by atoms with van der Waals surface area (Å²) in [5.41, 5.74) is 0.403. The Morgan fingerprint density at radius 2 is 2.35 bits per heavy atom. The standard InChI is InChI=1S/C10H9ClN2O3S/c11-6-3-5(14)1-2-7(6)12-9(15)8-4-17-10(16)13-8/h1-3,8,14H,4H2,(H,12,15)(H,13,16). The lowest BCUT2D eigenvalue weighted by Crippen LogP contribution is -2.38. The van der Waals surface area contributed by atoms with Crippen LogP contribution in [0.3, 0.4) is 0 Å². The number of nitrogens with one attached hydrogen (secondary N) is 2. The van der Waals surface area contributed by atoms with Crippen molar-refractivity contribution in [2.24, 2.45) is 0 Å². The molecule has 2 amide bonds. The van der Waals surface area contributed by atoms with E-state index in [1.807, 2.05) is 0 Å². The lowest BCUT2D eigenvalue weighted by Gasteiger charge is -2.11. The molecule has 5 nitrogen and oxygen atoms in total. The second kappa shape index (κ2) is 4.85. The average Bonchev–Trinajstić information content (AvgIpc) is 2.69. The van der Waals surface area contributed by atoms with Gasteiger partial charge in [0.15, 0.2) is 0 Å². The summed E-state index contributed by atoms with van der Waals surface area (Å²) in [7, 11) is 0. The smallest absolute Gasteiger partial charge is 0.279 e. The maximum absolute atomic E-state index is 11.7. The number of hydrogen-bond acceptors (Lipinski definition) is 4. The summed E-state index contributed by atoms with van der Waals surface area (Å²) in [5.74, 6) is 0.106. The lowest BCUT2D eigenvalue weighted by atomic mass is 10.2. The molecule has 1 saturated heterocycles. The Balaban J connectivity index is 2.05. The van der Waals surface area contributed by atoms with Crippen LogP contribution in [0.1, 0.15) is 0 Å². The number of carbonyl (C=O) groups excluding carboxylic acids is 2. The van der Waals surface area contributed by atoms with Crippen molar-refractivity contribution < 1.29 is 14.7 Å². The Labute approximate surface area is 107 Å². The SMILES string of the molecule is O=C1NC(C(=O)Nc2ccc(O)cc2Cl)CS1. The average molecular weight is 273 g/mol. The quantitative estimate of drug-likeness (QED) is 0.718. The lowest BCUT2D eigenvalue weighted by molar-refractivity contribution is -0.117. The summed E-state index contributed by atoms with van der Waals surface area (Å²) in [4.78, 5) is 22.7. The monoisotopic (exact) mass is 272 g/mol. The van der Waals surface area contributed by atoms with Crippen LogP contribution in [0.25, 0.3) is 0 Å². The number of rotatable bonds is 2. The predicted octanol–water partition coefficient (Wildman–Crippen LogP) is 1.81. The molecule has 1 unspecified atom stereocenters. The minimum atomic E-state index is -0.544. The molecule has 1 aliphatic heterocycles. The zero-order valence-corrected chi connectivity index (χ0v) is 10.1. The van der Waals surface area contributed by atoms with Crippen LogP contribution >= 0.6 is 23.4 Å². The number of phenolic OH excluding ortho intramolecular Hbond substituents is 1. The minimum absolute atomic E-state index is 0.0257. The van der Waals surface area contributed by atoms with E-state index in [1.54, 1.807) is 0 Å². The number of benzene rings is 1. The Hall–Kier alpha value is -1.40. The topological polar surface area (TPSA) is 78.4 Å². The second-order valence-electron chi connectivity index (χ2n) is 3.45. The first-order chi connectivity index (χ1) is 8.06. The number of halogens is 1. The molecular weight excluding hydrogens is 264 g/mol. The summed E-state index contributed by atoms with van der Waals surface area (Å²) in [6.45, 7) is 0. The van der Waals surface area contributed by atoms with Gasteiger partial charge in [0, 0.05) is 11.8 Å². The van der Waals surface area contributed by atoms with Crippen LogP contribution in [0.15, 0.2) is 18.2 Å². The summed E-state index contributed by atoms with van der Waals surface area (Å²) in [6.07, 6.45) is 0. The second-order valence-corrected chi connectivity index (χ2v) is 4.85. The zero-order valence-electron chi connectivity index (χ0n) is 8.57. The molecule has 0 radical (unpaired) electrons. The number of thioether (sulfide) groups is 1. The van der Waals surface area contributed by atoms with Crippen LogP contribution < -0.4 is 10.6 Å². The molecule has 17 heavy (non-hydrogen) atoms. The fraction of sp³-hybridized carbons (Fsp3) is 0.200. The fourth-order valence-corrected chi connectivity index (χ4v) is 2.35. The van der Waals surface area contributed by atoms with Crippen molar-refractivity contribution in [3.05, 3.63) is 23.2 Å². The first-order valence-corrected chi connectivity index (χ1v) is 6.15. The third-order valence-corrected chi connectivity index (χ3v) is 3.39. The van der Waals surface area contributed by atoms with Gasteiger partial charge in [0.1, 0.15) is 11.8 Å². The Bertz CT molecular complexity index is 481. The number of aromatic hydroxyl groups is 1. The van der Waals surface area contributed by atoms with Crippen molar-refractivity contribution in [2.45, 2.75) is 6.04 Å². The van der Waals surface area contributed by atoms with Crippen molar-refractivity contribution in [3.63, 3.8) is 0 Å². The van der Waals surface area contributed by atoms with E-state index in [1.165, 1.54) is 18.2 Å². The molecule has 0 spiro atoms. The first kappa shape index (κ1) is 12.1. The van der Waals surface area contributed by atoms with Gasteiger partial charge in [0.25, 0.3) is 5.24 Å². The zero-order chi connectivity index (χ0) is 12.4. The van der Waals surface area contributed by atoms with Gasteiger partial charge in [-0.25, -0.2) is 0 Å². The van der Waals surface area contributed by atoms with Gasteiger partial charge < -0.3 is 15.7 Å². The number of anilines is 1. The Morgan fingerprint density at radius 3 is 2.94 bits per heavy atom. The maximum atomic E-state index is 11.7. The number of phenols is 1. The van der Waals surface area contributed by atoms with Gasteiger partial charge in [-0.3, -0.25) is 9.59 Å². The van der Waals surface area contributed by atoms with E-state index in [0.29, 0.717) is 11.4 Å². The van der Waals surface area contributed by atoms with Crippen LogP contribution in [0.2, 0.25) is 5.02 Å². The summed E-state index contributed by atoms with van der Waals surface area (Å²) in [5, 5.41) is 14.3. The number of amides is 2. The number of hydrogen-bond donors (Lipinski definition) is 3. The molecule has 1 aromatic carbocycles. The molecule has 7 heteroatoms. The van der Waals surface area contributed by atoms with Gasteiger partial charge in [0.2, 0.25) is 5.91 Å². The summed E-state index contributed by atoms with van der Waals surface area (Å²) >= 11 is 6.91. The fourth-order valence-electron chi connectivity index (χ4n) is 1.35. The highest BCUT2D eigenvalue weighted by molar-refractivity contribution is 8.14. The Morgan fingerprint density at radius 1 is 1.59 bits per heavy atom. The largest absolute Gasteiger partial charge is 0.508 e. The summed E-state index contributed by atoms with van der Waals surface area (Å²) in [6, 6.07) is 3.71. The van der Waals surface area contributed by atoms with Gasteiger partial charge in [-0.2, -0.15) is 0 Å². The molecule has 3 N–H and O–H groups in total. The third kappa shape index (κ3) is 2.83. The molecule has 1 aromatic rings. The Kier molecular flexibility index (Phi) is 3.44. The first-order valence-electron chi connectivity index (χ1n) is 4.79. The van der Waals surface area contributed by atoms with E-state index in [0.717, 1.165) is 11.8 Å².